The van der Waals surface area contributed by atoms with Crippen LogP contribution >= 0.6 is 0 Å². The molecule has 0 atom stereocenters. The molecule has 0 unspecified atom stereocenters. The Hall–Kier alpha value is -1.80. The molecule has 0 aliphatic rings. The Bertz CT molecular complexity index is 577. The van der Waals surface area contributed by atoms with Crippen LogP contribution in [-0.2, 0) is 6.42 Å². The molecule has 2 heteroatoms. The van der Waals surface area contributed by atoms with Crippen molar-refractivity contribution in [3.63, 3.8) is 0 Å². The quantitative estimate of drug-likeness (QED) is 0.280. The van der Waals surface area contributed by atoms with Crippen molar-refractivity contribution < 1.29 is 0 Å². The molecule has 1 aromatic rings. The van der Waals surface area contributed by atoms with Crippen LogP contribution in [0.3, 0.4) is 0 Å². The van der Waals surface area contributed by atoms with Crippen LogP contribution in [0.25, 0.3) is 0 Å². The first-order valence-electron chi connectivity index (χ1n) is 11.2. The molecule has 0 spiro atoms. The molecule has 0 aromatic heterocycles. The number of hydrogen-bond donors (Lipinski definition) is 0. The molecule has 0 aliphatic heterocycles. The molecule has 148 valence electrons. The Labute approximate surface area is 167 Å². The average molecular weight is 367 g/mol. The Kier molecular flexibility index (Phi) is 14.1. The minimum absolute atomic E-state index is 0.484. The summed E-state index contributed by atoms with van der Waals surface area (Å²) in [5.41, 5.74) is 2.17. The second-order valence-corrected chi connectivity index (χ2v) is 7.80. The number of aryl methyl sites for hydroxylation is 1. The second kappa shape index (κ2) is 16.4. The van der Waals surface area contributed by atoms with Crippen LogP contribution in [0.4, 0.5) is 0 Å². The normalized spacial score (nSPS) is 10.5. The van der Waals surface area contributed by atoms with Crippen LogP contribution < -0.4 is 0 Å². The summed E-state index contributed by atoms with van der Waals surface area (Å²) in [6.45, 7) is 2.28. The Morgan fingerprint density at radius 2 is 1.04 bits per heavy atom. The van der Waals surface area contributed by atoms with E-state index in [1.54, 1.807) is 6.07 Å². The molecular formula is C25H38N2. The summed E-state index contributed by atoms with van der Waals surface area (Å²) in [6, 6.07) is 9.84. The van der Waals surface area contributed by atoms with Gasteiger partial charge in [-0.3, -0.25) is 0 Å². The molecule has 0 fully saturated rings. The van der Waals surface area contributed by atoms with Gasteiger partial charge in [0.05, 0.1) is 11.1 Å². The van der Waals surface area contributed by atoms with E-state index in [-0.39, 0.29) is 0 Å². The summed E-state index contributed by atoms with van der Waals surface area (Å²) >= 11 is 0. The van der Waals surface area contributed by atoms with Crippen molar-refractivity contribution in [3.8, 4) is 12.1 Å². The van der Waals surface area contributed by atoms with Crippen LogP contribution in [0.1, 0.15) is 120 Å². The van der Waals surface area contributed by atoms with E-state index in [2.05, 4.69) is 19.1 Å². The van der Waals surface area contributed by atoms with E-state index in [0.717, 1.165) is 6.42 Å². The van der Waals surface area contributed by atoms with E-state index >= 15 is 0 Å². The third-order valence-corrected chi connectivity index (χ3v) is 5.39. The number of benzene rings is 1. The van der Waals surface area contributed by atoms with Crippen molar-refractivity contribution in [1.82, 2.24) is 0 Å². The first-order chi connectivity index (χ1) is 13.3. The number of rotatable bonds is 16. The Morgan fingerprint density at radius 1 is 0.593 bits per heavy atom. The maximum atomic E-state index is 9.08. The standard InChI is InChI=1S/C25H38N2/c1-2-3-4-5-6-7-8-9-10-11-12-13-14-15-16-17-23-18-19-24(21-26)25(20-23)22-27/h18-20H,2-17H2,1H3. The lowest BCUT2D eigenvalue weighted by Gasteiger charge is -2.04. The molecule has 0 saturated heterocycles. The van der Waals surface area contributed by atoms with E-state index in [4.69, 9.17) is 10.5 Å². The zero-order valence-electron chi connectivity index (χ0n) is 17.4. The van der Waals surface area contributed by atoms with Crippen molar-refractivity contribution in [2.24, 2.45) is 0 Å². The Balaban J connectivity index is 1.91. The zero-order chi connectivity index (χ0) is 19.6. The van der Waals surface area contributed by atoms with E-state index in [9.17, 15) is 0 Å². The molecule has 1 aromatic carbocycles. The van der Waals surface area contributed by atoms with Crippen molar-refractivity contribution in [1.29, 1.82) is 10.5 Å². The van der Waals surface area contributed by atoms with Gasteiger partial charge in [0.2, 0.25) is 0 Å². The minimum atomic E-state index is 0.484. The number of nitrogens with zero attached hydrogens (tertiary/aromatic N) is 2. The van der Waals surface area contributed by atoms with Gasteiger partial charge >= 0.3 is 0 Å². The highest BCUT2D eigenvalue weighted by atomic mass is 14.3. The predicted octanol–water partition coefficient (Wildman–Crippen LogP) is 7.84. The Morgan fingerprint density at radius 3 is 1.48 bits per heavy atom. The lowest BCUT2D eigenvalue weighted by molar-refractivity contribution is 0.532. The molecule has 1 rings (SSSR count). The molecule has 0 heterocycles. The number of nitriles is 2. The summed E-state index contributed by atoms with van der Waals surface area (Å²) in [5.74, 6) is 0. The van der Waals surface area contributed by atoms with E-state index in [1.807, 2.05) is 12.1 Å². The summed E-state index contributed by atoms with van der Waals surface area (Å²) < 4.78 is 0. The van der Waals surface area contributed by atoms with Crippen molar-refractivity contribution in [2.75, 3.05) is 0 Å². The van der Waals surface area contributed by atoms with Crippen LogP contribution in [0.2, 0.25) is 0 Å². The smallest absolute Gasteiger partial charge is 0.101 e. The number of unbranched alkanes of at least 4 members (excludes halogenated alkanes) is 14. The summed E-state index contributed by atoms with van der Waals surface area (Å²) in [6.07, 6.45) is 21.7. The fraction of sp³-hybridized carbons (Fsp3) is 0.680. The van der Waals surface area contributed by atoms with Gasteiger partial charge in [0.15, 0.2) is 0 Å². The summed E-state index contributed by atoms with van der Waals surface area (Å²) in [5, 5.41) is 18.0. The molecule has 27 heavy (non-hydrogen) atoms. The van der Waals surface area contributed by atoms with E-state index < -0.39 is 0 Å². The maximum absolute atomic E-state index is 9.08. The van der Waals surface area contributed by atoms with Gasteiger partial charge in [-0.2, -0.15) is 10.5 Å². The average Bonchev–Trinajstić information content (AvgIpc) is 2.70. The molecule has 0 bridgehead atoms. The maximum Gasteiger partial charge on any atom is 0.101 e. The summed E-state index contributed by atoms with van der Waals surface area (Å²) in [7, 11) is 0. The summed E-state index contributed by atoms with van der Waals surface area (Å²) in [4.78, 5) is 0. The van der Waals surface area contributed by atoms with E-state index in [0.29, 0.717) is 11.1 Å². The van der Waals surface area contributed by atoms with Gasteiger partial charge in [-0.1, -0.05) is 103 Å². The van der Waals surface area contributed by atoms with Crippen LogP contribution in [0.15, 0.2) is 18.2 Å². The topological polar surface area (TPSA) is 47.6 Å². The van der Waals surface area contributed by atoms with Gasteiger partial charge in [0.1, 0.15) is 12.1 Å². The highest BCUT2D eigenvalue weighted by Gasteiger charge is 2.03. The highest BCUT2D eigenvalue weighted by molar-refractivity contribution is 5.47. The molecule has 2 nitrogen and oxygen atoms in total. The van der Waals surface area contributed by atoms with Gasteiger partial charge in [-0.15, -0.1) is 0 Å². The molecular weight excluding hydrogens is 328 g/mol. The van der Waals surface area contributed by atoms with Crippen molar-refractivity contribution in [3.05, 3.63) is 34.9 Å². The number of hydrogen-bond acceptors (Lipinski definition) is 2. The largest absolute Gasteiger partial charge is 0.192 e. The molecule has 0 saturated carbocycles. The third-order valence-electron chi connectivity index (χ3n) is 5.39. The van der Waals surface area contributed by atoms with Gasteiger partial charge in [-0.25, -0.2) is 0 Å². The molecule has 0 radical (unpaired) electrons. The van der Waals surface area contributed by atoms with Gasteiger partial charge in [0, 0.05) is 0 Å². The van der Waals surface area contributed by atoms with Crippen LogP contribution in [-0.4, -0.2) is 0 Å². The molecule has 0 N–H and O–H groups in total. The lowest BCUT2D eigenvalue weighted by Crippen LogP contribution is -1.90. The second-order valence-electron chi connectivity index (χ2n) is 7.80. The first-order valence-corrected chi connectivity index (χ1v) is 11.2. The van der Waals surface area contributed by atoms with Crippen LogP contribution in [0, 0.1) is 22.7 Å². The van der Waals surface area contributed by atoms with Crippen molar-refractivity contribution >= 4 is 0 Å². The first kappa shape index (κ1) is 23.2. The van der Waals surface area contributed by atoms with Crippen molar-refractivity contribution in [2.45, 2.75) is 110 Å². The highest BCUT2D eigenvalue weighted by Crippen LogP contribution is 2.16. The third kappa shape index (κ3) is 11.5. The fourth-order valence-corrected chi connectivity index (χ4v) is 3.64. The van der Waals surface area contributed by atoms with E-state index in [1.165, 1.54) is 102 Å². The van der Waals surface area contributed by atoms with Gasteiger partial charge < -0.3 is 0 Å². The fourth-order valence-electron chi connectivity index (χ4n) is 3.64. The predicted molar refractivity (Wildman–Crippen MR) is 115 cm³/mol. The zero-order valence-corrected chi connectivity index (χ0v) is 17.4. The van der Waals surface area contributed by atoms with Gasteiger partial charge in [-0.05, 0) is 30.5 Å². The molecule has 0 amide bonds. The van der Waals surface area contributed by atoms with Gasteiger partial charge in [0.25, 0.3) is 0 Å². The SMILES string of the molecule is CCCCCCCCCCCCCCCCCc1ccc(C#N)c(C#N)c1. The minimum Gasteiger partial charge on any atom is -0.192 e. The lowest BCUT2D eigenvalue weighted by atomic mass is 10.0. The molecule has 0 aliphatic carbocycles. The monoisotopic (exact) mass is 366 g/mol. The van der Waals surface area contributed by atoms with Crippen LogP contribution in [0.5, 0.6) is 0 Å².